The molecule has 26 heavy (non-hydrogen) atoms. The highest BCUT2D eigenvalue weighted by Gasteiger charge is 2.28. The van der Waals surface area contributed by atoms with Crippen molar-refractivity contribution in [2.75, 3.05) is 31.5 Å². The van der Waals surface area contributed by atoms with Crippen molar-refractivity contribution in [2.45, 2.75) is 6.04 Å². The number of rotatable bonds is 4. The molecule has 3 aromatic rings. The third-order valence-electron chi connectivity index (χ3n) is 4.92. The van der Waals surface area contributed by atoms with E-state index < -0.39 is 0 Å². The standard InChI is InChI=1S/C20H23N5O/c1-24-11-10-22-20(24)18-13-21-9-12-25(18)14-19(26)23-17-8-4-6-15-5-2-3-7-16(15)17/h2-8,10-11,18,21H,9,12-14H2,1H3,(H,23,26). The Bertz CT molecular complexity index is 914. The van der Waals surface area contributed by atoms with Crippen molar-refractivity contribution in [3.63, 3.8) is 0 Å². The van der Waals surface area contributed by atoms with Gasteiger partial charge in [-0.25, -0.2) is 4.98 Å². The predicted octanol–water partition coefficient (Wildman–Crippen LogP) is 2.16. The monoisotopic (exact) mass is 349 g/mol. The van der Waals surface area contributed by atoms with Crippen molar-refractivity contribution >= 4 is 22.4 Å². The zero-order valence-corrected chi connectivity index (χ0v) is 14.9. The molecule has 0 aliphatic carbocycles. The summed E-state index contributed by atoms with van der Waals surface area (Å²) in [5, 5.41) is 8.67. The maximum absolute atomic E-state index is 12.7. The van der Waals surface area contributed by atoms with Crippen LogP contribution in [0.5, 0.6) is 0 Å². The van der Waals surface area contributed by atoms with Crippen LogP contribution in [0.4, 0.5) is 5.69 Å². The van der Waals surface area contributed by atoms with E-state index in [4.69, 9.17) is 0 Å². The molecule has 0 spiro atoms. The van der Waals surface area contributed by atoms with Gasteiger partial charge in [0.2, 0.25) is 5.91 Å². The van der Waals surface area contributed by atoms with E-state index in [9.17, 15) is 4.79 Å². The molecule has 4 rings (SSSR count). The fourth-order valence-electron chi connectivity index (χ4n) is 3.60. The van der Waals surface area contributed by atoms with Crippen LogP contribution in [0, 0.1) is 0 Å². The Kier molecular flexibility index (Phi) is 4.69. The number of piperazine rings is 1. The van der Waals surface area contributed by atoms with Crippen LogP contribution in [0.2, 0.25) is 0 Å². The molecule has 1 unspecified atom stereocenters. The van der Waals surface area contributed by atoms with Crippen LogP contribution in [0.25, 0.3) is 10.8 Å². The van der Waals surface area contributed by atoms with E-state index in [0.29, 0.717) is 6.54 Å². The van der Waals surface area contributed by atoms with Crippen molar-refractivity contribution in [1.29, 1.82) is 0 Å². The highest BCUT2D eigenvalue weighted by Crippen LogP contribution is 2.24. The van der Waals surface area contributed by atoms with Crippen LogP contribution in [0.3, 0.4) is 0 Å². The minimum absolute atomic E-state index is 0.00228. The van der Waals surface area contributed by atoms with E-state index >= 15 is 0 Å². The first-order valence-electron chi connectivity index (χ1n) is 8.92. The highest BCUT2D eigenvalue weighted by atomic mass is 16.2. The number of carbonyl (C=O) groups is 1. The molecule has 1 aliphatic rings. The van der Waals surface area contributed by atoms with Gasteiger partial charge in [0.05, 0.1) is 12.6 Å². The van der Waals surface area contributed by atoms with Gasteiger partial charge >= 0.3 is 0 Å². The number of hydrogen-bond acceptors (Lipinski definition) is 4. The summed E-state index contributed by atoms with van der Waals surface area (Å²) in [6.07, 6.45) is 3.75. The number of nitrogens with one attached hydrogen (secondary N) is 2. The lowest BCUT2D eigenvalue weighted by Gasteiger charge is -2.35. The summed E-state index contributed by atoms with van der Waals surface area (Å²) in [7, 11) is 1.99. The molecule has 134 valence electrons. The van der Waals surface area contributed by atoms with E-state index in [1.54, 1.807) is 6.20 Å². The normalized spacial score (nSPS) is 18.1. The first kappa shape index (κ1) is 16.8. The van der Waals surface area contributed by atoms with Crippen molar-refractivity contribution < 1.29 is 4.79 Å². The molecule has 1 aliphatic heterocycles. The minimum atomic E-state index is 0.00228. The number of fused-ring (bicyclic) bond motifs is 1. The number of anilines is 1. The van der Waals surface area contributed by atoms with Crippen LogP contribution < -0.4 is 10.6 Å². The Morgan fingerprint density at radius 3 is 2.96 bits per heavy atom. The maximum atomic E-state index is 12.7. The number of aromatic nitrogens is 2. The average Bonchev–Trinajstić information content (AvgIpc) is 3.08. The summed E-state index contributed by atoms with van der Waals surface area (Å²) in [6, 6.07) is 14.2. The third-order valence-corrected chi connectivity index (χ3v) is 4.92. The number of carbonyl (C=O) groups excluding carboxylic acids is 1. The van der Waals surface area contributed by atoms with Crippen molar-refractivity contribution in [1.82, 2.24) is 19.8 Å². The molecular weight excluding hydrogens is 326 g/mol. The lowest BCUT2D eigenvalue weighted by Crippen LogP contribution is -2.49. The molecule has 0 radical (unpaired) electrons. The van der Waals surface area contributed by atoms with E-state index in [0.717, 1.165) is 41.9 Å². The number of aryl methyl sites for hydroxylation is 1. The van der Waals surface area contributed by atoms with Crippen LogP contribution in [-0.4, -0.2) is 46.5 Å². The Balaban J connectivity index is 1.50. The first-order chi connectivity index (χ1) is 12.7. The second-order valence-corrected chi connectivity index (χ2v) is 6.66. The number of benzene rings is 2. The molecule has 1 amide bonds. The summed E-state index contributed by atoms with van der Waals surface area (Å²) < 4.78 is 2.02. The minimum Gasteiger partial charge on any atom is -0.337 e. The van der Waals surface area contributed by atoms with Crippen LogP contribution >= 0.6 is 0 Å². The quantitative estimate of drug-likeness (QED) is 0.758. The van der Waals surface area contributed by atoms with E-state index in [2.05, 4.69) is 32.7 Å². The molecule has 0 bridgehead atoms. The molecule has 1 saturated heterocycles. The summed E-state index contributed by atoms with van der Waals surface area (Å²) in [6.45, 7) is 2.85. The van der Waals surface area contributed by atoms with Gasteiger partial charge in [-0.2, -0.15) is 0 Å². The van der Waals surface area contributed by atoms with Crippen molar-refractivity contribution in [3.8, 4) is 0 Å². The third kappa shape index (κ3) is 3.34. The van der Waals surface area contributed by atoms with Gasteiger partial charge in [-0.3, -0.25) is 9.69 Å². The summed E-state index contributed by atoms with van der Waals surface area (Å²) >= 11 is 0. The zero-order chi connectivity index (χ0) is 17.9. The molecule has 1 atom stereocenters. The first-order valence-corrected chi connectivity index (χ1v) is 8.92. The molecule has 0 saturated carbocycles. The zero-order valence-electron chi connectivity index (χ0n) is 14.9. The summed E-state index contributed by atoms with van der Waals surface area (Å²) in [5.74, 6) is 0.984. The van der Waals surface area contributed by atoms with Gasteiger partial charge in [0, 0.05) is 50.1 Å². The molecule has 2 heterocycles. The van der Waals surface area contributed by atoms with Gasteiger partial charge in [0.25, 0.3) is 0 Å². The van der Waals surface area contributed by atoms with Gasteiger partial charge in [-0.15, -0.1) is 0 Å². The summed E-state index contributed by atoms with van der Waals surface area (Å²) in [4.78, 5) is 19.4. The Labute approximate surface area is 152 Å². The fourth-order valence-corrected chi connectivity index (χ4v) is 3.60. The SMILES string of the molecule is Cn1ccnc1C1CNCCN1CC(=O)Nc1cccc2ccccc12. The smallest absolute Gasteiger partial charge is 0.238 e. The van der Waals surface area contributed by atoms with Crippen molar-refractivity contribution in [3.05, 3.63) is 60.7 Å². The van der Waals surface area contributed by atoms with Gasteiger partial charge in [-0.05, 0) is 11.5 Å². The lowest BCUT2D eigenvalue weighted by molar-refractivity contribution is -0.118. The number of imidazole rings is 1. The van der Waals surface area contributed by atoms with E-state index in [1.165, 1.54) is 0 Å². The van der Waals surface area contributed by atoms with Crippen LogP contribution in [0.1, 0.15) is 11.9 Å². The average molecular weight is 349 g/mol. The van der Waals surface area contributed by atoms with Gasteiger partial charge < -0.3 is 15.2 Å². The molecule has 1 aromatic heterocycles. The fraction of sp³-hybridized carbons (Fsp3) is 0.300. The molecule has 2 N–H and O–H groups in total. The van der Waals surface area contributed by atoms with Crippen LogP contribution in [-0.2, 0) is 11.8 Å². The summed E-state index contributed by atoms with van der Waals surface area (Å²) in [5.41, 5.74) is 0.858. The maximum Gasteiger partial charge on any atom is 0.238 e. The predicted molar refractivity (Wildman–Crippen MR) is 103 cm³/mol. The van der Waals surface area contributed by atoms with Gasteiger partial charge in [-0.1, -0.05) is 36.4 Å². The molecule has 6 nitrogen and oxygen atoms in total. The topological polar surface area (TPSA) is 62.2 Å². The number of amides is 1. The van der Waals surface area contributed by atoms with E-state index in [1.807, 2.05) is 48.1 Å². The Morgan fingerprint density at radius 2 is 2.12 bits per heavy atom. The molecule has 1 fully saturated rings. The number of hydrogen-bond donors (Lipinski definition) is 2. The Hall–Kier alpha value is -2.70. The van der Waals surface area contributed by atoms with Crippen LogP contribution in [0.15, 0.2) is 54.9 Å². The van der Waals surface area contributed by atoms with Gasteiger partial charge in [0.1, 0.15) is 5.82 Å². The molecule has 2 aromatic carbocycles. The second-order valence-electron chi connectivity index (χ2n) is 6.66. The van der Waals surface area contributed by atoms with Gasteiger partial charge in [0.15, 0.2) is 0 Å². The Morgan fingerprint density at radius 1 is 1.27 bits per heavy atom. The molecular formula is C20H23N5O. The number of nitrogens with zero attached hydrogens (tertiary/aromatic N) is 3. The lowest BCUT2D eigenvalue weighted by atomic mass is 10.1. The molecule has 6 heteroatoms. The second kappa shape index (κ2) is 7.27. The van der Waals surface area contributed by atoms with Crippen molar-refractivity contribution in [2.24, 2.45) is 7.05 Å². The highest BCUT2D eigenvalue weighted by molar-refractivity contribution is 6.02. The largest absolute Gasteiger partial charge is 0.337 e. The van der Waals surface area contributed by atoms with E-state index in [-0.39, 0.29) is 11.9 Å².